The third-order valence-corrected chi connectivity index (χ3v) is 6.43. The second kappa shape index (κ2) is 9.30. The van der Waals surface area contributed by atoms with Crippen LogP contribution in [0, 0.1) is 0 Å². The maximum absolute atomic E-state index is 13.4. The van der Waals surface area contributed by atoms with Crippen LogP contribution in [-0.2, 0) is 16.9 Å². The van der Waals surface area contributed by atoms with Crippen molar-refractivity contribution >= 4 is 20.9 Å². The fraction of sp³-hybridized carbons (Fsp3) is 0.292. The van der Waals surface area contributed by atoms with Crippen LogP contribution in [0.1, 0.15) is 18.7 Å². The van der Waals surface area contributed by atoms with E-state index in [0.29, 0.717) is 29.1 Å². The molecule has 4 aromatic rings. The molecule has 0 aliphatic heterocycles. The average Bonchev–Trinajstić information content (AvgIpc) is 3.07. The van der Waals surface area contributed by atoms with Crippen molar-refractivity contribution in [3.8, 4) is 22.9 Å². The van der Waals surface area contributed by atoms with Gasteiger partial charge < -0.3 is 9.47 Å². The largest absolute Gasteiger partial charge is 0.491 e. The molecule has 178 valence electrons. The van der Waals surface area contributed by atoms with Gasteiger partial charge in [-0.3, -0.25) is 14.1 Å². The number of sulfone groups is 1. The summed E-state index contributed by atoms with van der Waals surface area (Å²) in [7, 11) is -0.317. The Hall–Kier alpha value is -3.66. The van der Waals surface area contributed by atoms with Crippen molar-refractivity contribution < 1.29 is 17.9 Å². The first-order valence-electron chi connectivity index (χ1n) is 10.7. The van der Waals surface area contributed by atoms with E-state index in [4.69, 9.17) is 9.47 Å². The molecule has 9 nitrogen and oxygen atoms in total. The summed E-state index contributed by atoms with van der Waals surface area (Å²) in [6, 6.07) is 13.6. The topological polar surface area (TPSA) is 105 Å². The van der Waals surface area contributed by atoms with Gasteiger partial charge in [-0.05, 0) is 43.3 Å². The molecule has 0 saturated heterocycles. The lowest BCUT2D eigenvalue weighted by Crippen LogP contribution is -2.31. The van der Waals surface area contributed by atoms with Gasteiger partial charge in [0.15, 0.2) is 5.75 Å². The second-order valence-corrected chi connectivity index (χ2v) is 10.1. The predicted octanol–water partition coefficient (Wildman–Crippen LogP) is 2.84. The fourth-order valence-corrected chi connectivity index (χ4v) is 4.85. The quantitative estimate of drug-likeness (QED) is 0.380. The highest BCUT2D eigenvalue weighted by atomic mass is 32.2. The number of rotatable bonds is 8. The molecule has 0 aliphatic carbocycles. The van der Waals surface area contributed by atoms with Gasteiger partial charge in [0.25, 0.3) is 5.88 Å². The molecule has 0 amide bonds. The molecule has 3 aromatic heterocycles. The fourth-order valence-electron chi connectivity index (χ4n) is 3.96. The molecule has 0 aliphatic rings. The van der Waals surface area contributed by atoms with Crippen LogP contribution in [-0.4, -0.2) is 53.2 Å². The van der Waals surface area contributed by atoms with Crippen LogP contribution >= 0.6 is 0 Å². The summed E-state index contributed by atoms with van der Waals surface area (Å²) in [6.07, 6.45) is 2.85. The number of aromatic nitrogens is 4. The number of hydrogen-bond acceptors (Lipinski definition) is 7. The summed E-state index contributed by atoms with van der Waals surface area (Å²) < 4.78 is 38.7. The van der Waals surface area contributed by atoms with Gasteiger partial charge in [-0.15, -0.1) is 0 Å². The van der Waals surface area contributed by atoms with Crippen LogP contribution in [0.4, 0.5) is 0 Å². The molecule has 4 rings (SSSR count). The molecule has 0 bridgehead atoms. The van der Waals surface area contributed by atoms with E-state index in [0.717, 1.165) is 17.5 Å². The summed E-state index contributed by atoms with van der Waals surface area (Å²) in [4.78, 5) is 22.3. The zero-order valence-electron chi connectivity index (χ0n) is 19.4. The number of nitrogens with zero attached hydrogens (tertiary/aromatic N) is 4. The molecule has 1 atom stereocenters. The van der Waals surface area contributed by atoms with Gasteiger partial charge in [-0.2, -0.15) is 0 Å². The number of methoxy groups -OCH3 is 1. The second-order valence-electron chi connectivity index (χ2n) is 7.91. The van der Waals surface area contributed by atoms with Crippen LogP contribution in [0.2, 0.25) is 0 Å². The minimum Gasteiger partial charge on any atom is -0.491 e. The van der Waals surface area contributed by atoms with Crippen LogP contribution in [0.3, 0.4) is 0 Å². The van der Waals surface area contributed by atoms with Crippen molar-refractivity contribution in [3.05, 3.63) is 70.9 Å². The molecule has 3 heterocycles. The number of aryl methyl sites for hydroxylation is 1. The van der Waals surface area contributed by atoms with Crippen LogP contribution in [0.15, 0.2) is 59.5 Å². The third-order valence-electron chi connectivity index (χ3n) is 5.51. The first kappa shape index (κ1) is 23.5. The van der Waals surface area contributed by atoms with E-state index >= 15 is 0 Å². The van der Waals surface area contributed by atoms with Gasteiger partial charge in [-0.25, -0.2) is 18.2 Å². The number of benzene rings is 1. The Morgan fingerprint density at radius 3 is 2.53 bits per heavy atom. The van der Waals surface area contributed by atoms with Crippen molar-refractivity contribution in [2.45, 2.75) is 13.0 Å². The molecule has 0 fully saturated rings. The highest BCUT2D eigenvalue weighted by Crippen LogP contribution is 2.31. The van der Waals surface area contributed by atoms with Crippen molar-refractivity contribution in [2.24, 2.45) is 7.05 Å². The Morgan fingerprint density at radius 1 is 1.09 bits per heavy atom. The minimum absolute atomic E-state index is 0.242. The zero-order chi connectivity index (χ0) is 24.5. The van der Waals surface area contributed by atoms with E-state index in [-0.39, 0.29) is 17.3 Å². The van der Waals surface area contributed by atoms with Crippen molar-refractivity contribution in [2.75, 3.05) is 25.7 Å². The van der Waals surface area contributed by atoms with Crippen LogP contribution in [0.25, 0.3) is 22.3 Å². The standard InChI is InChI=1S/C24H26N4O5S/c1-5-33-23-22(32-3)12-10-18(26-23)21(15-34(4,30)31)28-19-11-9-16(17-8-6-7-13-25-17)14-20(19)27(2)24(28)29/h6-14,21H,5,15H2,1-4H3. The lowest BCUT2D eigenvalue weighted by molar-refractivity contribution is 0.296. The Bertz CT molecular complexity index is 1490. The minimum atomic E-state index is -3.48. The highest BCUT2D eigenvalue weighted by Gasteiger charge is 2.27. The van der Waals surface area contributed by atoms with Gasteiger partial charge in [0.2, 0.25) is 0 Å². The molecular formula is C24H26N4O5S. The summed E-state index contributed by atoms with van der Waals surface area (Å²) in [5.41, 5.74) is 2.91. The van der Waals surface area contributed by atoms with E-state index in [1.165, 1.54) is 16.2 Å². The Balaban J connectivity index is 1.93. The normalized spacial score (nSPS) is 12.6. The molecule has 0 N–H and O–H groups in total. The molecule has 34 heavy (non-hydrogen) atoms. The monoisotopic (exact) mass is 482 g/mol. The van der Waals surface area contributed by atoms with Gasteiger partial charge >= 0.3 is 5.69 Å². The van der Waals surface area contributed by atoms with Gasteiger partial charge in [0.1, 0.15) is 9.84 Å². The smallest absolute Gasteiger partial charge is 0.329 e. The summed E-state index contributed by atoms with van der Waals surface area (Å²) >= 11 is 0. The lowest BCUT2D eigenvalue weighted by atomic mass is 10.1. The zero-order valence-corrected chi connectivity index (χ0v) is 20.2. The Morgan fingerprint density at radius 2 is 1.88 bits per heavy atom. The Labute approximate surface area is 197 Å². The highest BCUT2D eigenvalue weighted by molar-refractivity contribution is 7.90. The van der Waals surface area contributed by atoms with Gasteiger partial charge in [0, 0.05) is 25.1 Å². The SMILES string of the molecule is CCOc1nc(C(CS(C)(=O)=O)n2c(=O)n(C)c3cc(-c4ccccn4)ccc32)ccc1OC. The first-order valence-corrected chi connectivity index (χ1v) is 12.8. The maximum Gasteiger partial charge on any atom is 0.329 e. The molecule has 0 spiro atoms. The number of ether oxygens (including phenoxy) is 2. The van der Waals surface area contributed by atoms with E-state index in [1.54, 1.807) is 25.4 Å². The van der Waals surface area contributed by atoms with Crippen molar-refractivity contribution in [3.63, 3.8) is 0 Å². The summed E-state index contributed by atoms with van der Waals surface area (Å²) in [5.74, 6) is 0.361. The predicted molar refractivity (Wildman–Crippen MR) is 130 cm³/mol. The Kier molecular flexibility index (Phi) is 6.43. The number of fused-ring (bicyclic) bond motifs is 1. The number of imidazole rings is 1. The van der Waals surface area contributed by atoms with E-state index < -0.39 is 15.9 Å². The number of hydrogen-bond donors (Lipinski definition) is 0. The first-order chi connectivity index (χ1) is 16.2. The molecule has 0 saturated carbocycles. The summed E-state index contributed by atoms with van der Waals surface area (Å²) in [5, 5.41) is 0. The van der Waals surface area contributed by atoms with Crippen LogP contribution < -0.4 is 15.2 Å². The molecule has 1 unspecified atom stereocenters. The molecular weight excluding hydrogens is 456 g/mol. The average molecular weight is 483 g/mol. The third kappa shape index (κ3) is 4.54. The van der Waals surface area contributed by atoms with Gasteiger partial charge in [0.05, 0.1) is 47.9 Å². The van der Waals surface area contributed by atoms with Crippen molar-refractivity contribution in [1.82, 2.24) is 19.1 Å². The van der Waals surface area contributed by atoms with Crippen LogP contribution in [0.5, 0.6) is 11.6 Å². The summed E-state index contributed by atoms with van der Waals surface area (Å²) in [6.45, 7) is 2.17. The maximum atomic E-state index is 13.4. The van der Waals surface area contributed by atoms with E-state index in [9.17, 15) is 13.2 Å². The van der Waals surface area contributed by atoms with Crippen molar-refractivity contribution in [1.29, 1.82) is 0 Å². The molecule has 10 heteroatoms. The van der Waals surface area contributed by atoms with Gasteiger partial charge in [-0.1, -0.05) is 12.1 Å². The van der Waals surface area contributed by atoms with E-state index in [2.05, 4.69) is 9.97 Å². The molecule has 0 radical (unpaired) electrons. The molecule has 1 aromatic carbocycles. The lowest BCUT2D eigenvalue weighted by Gasteiger charge is -2.19. The number of pyridine rings is 2. The van der Waals surface area contributed by atoms with E-state index in [1.807, 2.05) is 43.3 Å².